The van der Waals surface area contributed by atoms with Crippen molar-refractivity contribution in [2.24, 2.45) is 0 Å². The summed E-state index contributed by atoms with van der Waals surface area (Å²) < 4.78 is 0. The number of fused-ring (bicyclic) bond motifs is 1. The van der Waals surface area contributed by atoms with E-state index in [0.29, 0.717) is 6.04 Å². The van der Waals surface area contributed by atoms with Gasteiger partial charge in [0.15, 0.2) is 0 Å². The molecule has 1 fully saturated rings. The van der Waals surface area contributed by atoms with Gasteiger partial charge in [0.05, 0.1) is 17.3 Å². The molecule has 1 saturated heterocycles. The van der Waals surface area contributed by atoms with E-state index in [9.17, 15) is 0 Å². The van der Waals surface area contributed by atoms with E-state index in [0.717, 1.165) is 31.7 Å². The molecular weight excluding hydrogens is 222 g/mol. The molecule has 1 N–H and O–H groups in total. The predicted octanol–water partition coefficient (Wildman–Crippen LogP) is 2.20. The number of pyridine rings is 1. The number of nitrogens with one attached hydrogen (secondary N) is 1. The minimum atomic E-state index is 0.411. The van der Waals surface area contributed by atoms with Crippen LogP contribution in [0.2, 0.25) is 0 Å². The number of nitrogens with zero attached hydrogens (tertiary/aromatic N) is 2. The third-order valence-corrected chi connectivity index (χ3v) is 3.72. The molecule has 0 saturated carbocycles. The summed E-state index contributed by atoms with van der Waals surface area (Å²) >= 11 is 0. The average molecular weight is 241 g/mol. The van der Waals surface area contributed by atoms with Crippen LogP contribution < -0.4 is 5.32 Å². The molecule has 94 valence electrons. The van der Waals surface area contributed by atoms with Gasteiger partial charge in [-0.15, -0.1) is 0 Å². The molecule has 0 amide bonds. The molecule has 3 rings (SSSR count). The Morgan fingerprint density at radius 3 is 3.06 bits per heavy atom. The summed E-state index contributed by atoms with van der Waals surface area (Å²) in [5, 5.41) is 4.68. The maximum Gasteiger partial charge on any atom is 0.0706 e. The van der Waals surface area contributed by atoms with Crippen molar-refractivity contribution in [3.63, 3.8) is 0 Å². The highest BCUT2D eigenvalue weighted by atomic mass is 15.2. The van der Waals surface area contributed by atoms with Crippen molar-refractivity contribution in [2.45, 2.75) is 13.0 Å². The van der Waals surface area contributed by atoms with Crippen LogP contribution in [0.15, 0.2) is 36.4 Å². The van der Waals surface area contributed by atoms with Crippen LogP contribution in [0.5, 0.6) is 0 Å². The molecule has 18 heavy (non-hydrogen) atoms. The Balaban J connectivity index is 1.97. The Morgan fingerprint density at radius 1 is 1.28 bits per heavy atom. The molecule has 1 atom stereocenters. The molecule has 1 unspecified atom stereocenters. The van der Waals surface area contributed by atoms with Crippen LogP contribution in [0.25, 0.3) is 10.9 Å². The van der Waals surface area contributed by atoms with E-state index in [2.05, 4.69) is 53.5 Å². The van der Waals surface area contributed by atoms with Crippen LogP contribution in [-0.2, 0) is 0 Å². The molecule has 0 aliphatic carbocycles. The molecule has 3 nitrogen and oxygen atoms in total. The minimum absolute atomic E-state index is 0.411. The zero-order valence-corrected chi connectivity index (χ0v) is 10.8. The zero-order chi connectivity index (χ0) is 12.4. The van der Waals surface area contributed by atoms with Crippen molar-refractivity contribution in [3.05, 3.63) is 42.1 Å². The van der Waals surface area contributed by atoms with Crippen molar-refractivity contribution < 1.29 is 0 Å². The molecule has 0 spiro atoms. The van der Waals surface area contributed by atoms with Gasteiger partial charge in [-0.25, -0.2) is 0 Å². The highest BCUT2D eigenvalue weighted by molar-refractivity contribution is 5.78. The average Bonchev–Trinajstić information content (AvgIpc) is 2.46. The molecule has 1 aliphatic rings. The van der Waals surface area contributed by atoms with Crippen molar-refractivity contribution in [2.75, 3.05) is 26.2 Å². The van der Waals surface area contributed by atoms with Gasteiger partial charge in [0, 0.05) is 25.0 Å². The Bertz CT molecular complexity index is 538. The van der Waals surface area contributed by atoms with Gasteiger partial charge in [0.2, 0.25) is 0 Å². The fraction of sp³-hybridized carbons (Fsp3) is 0.400. The summed E-state index contributed by atoms with van der Waals surface area (Å²) in [6.07, 6.45) is 0. The fourth-order valence-electron chi connectivity index (χ4n) is 2.68. The van der Waals surface area contributed by atoms with Crippen LogP contribution in [-0.4, -0.2) is 36.1 Å². The smallest absolute Gasteiger partial charge is 0.0706 e. The van der Waals surface area contributed by atoms with E-state index in [1.807, 2.05) is 0 Å². The summed E-state index contributed by atoms with van der Waals surface area (Å²) in [5.74, 6) is 0. The Hall–Kier alpha value is -1.45. The molecule has 0 bridgehead atoms. The maximum atomic E-state index is 4.82. The zero-order valence-electron chi connectivity index (χ0n) is 10.8. The number of likely N-dealkylation sites (N-methyl/N-ethyl adjacent to an activating group) is 1. The lowest BCUT2D eigenvalue weighted by atomic mass is 10.1. The first kappa shape index (κ1) is 11.6. The van der Waals surface area contributed by atoms with Crippen LogP contribution in [0, 0.1) is 0 Å². The lowest BCUT2D eigenvalue weighted by molar-refractivity contribution is 0.168. The van der Waals surface area contributed by atoms with E-state index in [-0.39, 0.29) is 0 Å². The highest BCUT2D eigenvalue weighted by Gasteiger charge is 2.23. The second kappa shape index (κ2) is 5.04. The standard InChI is InChI=1S/C15H19N3/c1-2-18-10-9-16-11-15(18)14-8-7-12-5-3-4-6-13(12)17-14/h3-8,15-16H,2,9-11H2,1H3. The number of benzene rings is 1. The molecule has 2 aromatic rings. The monoisotopic (exact) mass is 241 g/mol. The highest BCUT2D eigenvalue weighted by Crippen LogP contribution is 2.22. The Kier molecular flexibility index (Phi) is 3.26. The number of para-hydroxylation sites is 1. The van der Waals surface area contributed by atoms with Crippen molar-refractivity contribution >= 4 is 10.9 Å². The quantitative estimate of drug-likeness (QED) is 0.873. The van der Waals surface area contributed by atoms with Gasteiger partial charge >= 0.3 is 0 Å². The summed E-state index contributed by atoms with van der Waals surface area (Å²) in [5.41, 5.74) is 2.28. The van der Waals surface area contributed by atoms with Gasteiger partial charge in [0.25, 0.3) is 0 Å². The topological polar surface area (TPSA) is 28.2 Å². The largest absolute Gasteiger partial charge is 0.313 e. The van der Waals surface area contributed by atoms with Gasteiger partial charge in [-0.05, 0) is 18.7 Å². The molecule has 1 aromatic heterocycles. The van der Waals surface area contributed by atoms with Crippen molar-refractivity contribution in [1.82, 2.24) is 15.2 Å². The molecule has 1 aromatic carbocycles. The first-order valence-corrected chi connectivity index (χ1v) is 6.69. The van der Waals surface area contributed by atoms with E-state index < -0.39 is 0 Å². The number of rotatable bonds is 2. The number of hydrogen-bond acceptors (Lipinski definition) is 3. The van der Waals surface area contributed by atoms with E-state index >= 15 is 0 Å². The minimum Gasteiger partial charge on any atom is -0.313 e. The van der Waals surface area contributed by atoms with Crippen LogP contribution >= 0.6 is 0 Å². The third-order valence-electron chi connectivity index (χ3n) is 3.72. The molecule has 0 radical (unpaired) electrons. The molecule has 3 heteroatoms. The summed E-state index contributed by atoms with van der Waals surface area (Å²) in [4.78, 5) is 7.31. The third kappa shape index (κ3) is 2.11. The number of aromatic nitrogens is 1. The first-order valence-electron chi connectivity index (χ1n) is 6.69. The van der Waals surface area contributed by atoms with Gasteiger partial charge < -0.3 is 5.32 Å². The van der Waals surface area contributed by atoms with Crippen molar-refractivity contribution in [1.29, 1.82) is 0 Å². The van der Waals surface area contributed by atoms with Gasteiger partial charge in [-0.1, -0.05) is 31.2 Å². The lowest BCUT2D eigenvalue weighted by Crippen LogP contribution is -2.46. The van der Waals surface area contributed by atoms with Crippen molar-refractivity contribution in [3.8, 4) is 0 Å². The van der Waals surface area contributed by atoms with Crippen LogP contribution in [0.3, 0.4) is 0 Å². The van der Waals surface area contributed by atoms with Gasteiger partial charge in [0.1, 0.15) is 0 Å². The summed E-state index contributed by atoms with van der Waals surface area (Å²) in [6.45, 7) is 6.49. The SMILES string of the molecule is CCN1CCNCC1c1ccc2ccccc2n1. The maximum absolute atomic E-state index is 4.82. The van der Waals surface area contributed by atoms with Gasteiger partial charge in [-0.3, -0.25) is 9.88 Å². The second-order valence-electron chi connectivity index (χ2n) is 4.78. The lowest BCUT2D eigenvalue weighted by Gasteiger charge is -2.35. The van der Waals surface area contributed by atoms with Crippen LogP contribution in [0.1, 0.15) is 18.7 Å². The molecule has 2 heterocycles. The van der Waals surface area contributed by atoms with E-state index in [1.54, 1.807) is 0 Å². The first-order chi connectivity index (χ1) is 8.88. The number of hydrogen-bond donors (Lipinski definition) is 1. The second-order valence-corrected chi connectivity index (χ2v) is 4.78. The summed E-state index contributed by atoms with van der Waals surface area (Å²) in [6, 6.07) is 13.1. The molecular formula is C15H19N3. The summed E-state index contributed by atoms with van der Waals surface area (Å²) in [7, 11) is 0. The van der Waals surface area contributed by atoms with Gasteiger partial charge in [-0.2, -0.15) is 0 Å². The normalized spacial score (nSPS) is 21.3. The fourth-order valence-corrected chi connectivity index (χ4v) is 2.68. The van der Waals surface area contributed by atoms with E-state index in [1.165, 1.54) is 11.1 Å². The van der Waals surface area contributed by atoms with Crippen LogP contribution in [0.4, 0.5) is 0 Å². The Labute approximate surface area is 108 Å². The molecule has 1 aliphatic heterocycles. The van der Waals surface area contributed by atoms with E-state index in [4.69, 9.17) is 4.98 Å². The Morgan fingerprint density at radius 2 is 2.17 bits per heavy atom. The predicted molar refractivity (Wildman–Crippen MR) is 74.6 cm³/mol. The number of piperazine rings is 1.